The lowest BCUT2D eigenvalue weighted by Gasteiger charge is -2.60. The van der Waals surface area contributed by atoms with Crippen molar-refractivity contribution in [3.63, 3.8) is 0 Å². The van der Waals surface area contributed by atoms with Crippen LogP contribution in [-0.4, -0.2) is 54.3 Å². The highest BCUT2D eigenvalue weighted by molar-refractivity contribution is 5.92. The van der Waals surface area contributed by atoms with E-state index in [-0.39, 0.29) is 28.7 Å². The lowest BCUT2D eigenvalue weighted by molar-refractivity contribution is -0.150. The topological polar surface area (TPSA) is 74.9 Å². The van der Waals surface area contributed by atoms with Gasteiger partial charge >= 0.3 is 0 Å². The first-order chi connectivity index (χ1) is 16.4. The number of piperidine rings is 1. The summed E-state index contributed by atoms with van der Waals surface area (Å²) >= 11 is 0. The van der Waals surface area contributed by atoms with Gasteiger partial charge < -0.3 is 24.5 Å². The number of aryl methyl sites for hydroxylation is 1. The van der Waals surface area contributed by atoms with Crippen LogP contribution in [0.2, 0.25) is 0 Å². The number of methoxy groups -OCH3 is 1. The minimum Gasteiger partial charge on any atom is -0.508 e. The van der Waals surface area contributed by atoms with E-state index in [0.717, 1.165) is 68.1 Å². The smallest absolute Gasteiger partial charge is 0.244 e. The molecule has 3 fully saturated rings. The van der Waals surface area contributed by atoms with E-state index in [1.54, 1.807) is 24.5 Å². The lowest BCUT2D eigenvalue weighted by atomic mass is 9.55. The van der Waals surface area contributed by atoms with E-state index in [9.17, 15) is 9.90 Å². The molecule has 2 heterocycles. The van der Waals surface area contributed by atoms with Gasteiger partial charge in [0.25, 0.3) is 0 Å². The van der Waals surface area contributed by atoms with Crippen molar-refractivity contribution in [2.45, 2.75) is 62.5 Å². The lowest BCUT2D eigenvalue weighted by Crippen LogP contribution is -2.68. The third-order valence-electron chi connectivity index (χ3n) is 8.36. The van der Waals surface area contributed by atoms with E-state index < -0.39 is 0 Å². The number of nitrogens with one attached hydrogen (secondary N) is 1. The van der Waals surface area contributed by atoms with Gasteiger partial charge in [0, 0.05) is 43.3 Å². The maximum atomic E-state index is 12.8. The predicted octanol–water partition coefficient (Wildman–Crippen LogP) is 4.41. The average molecular weight is 465 g/mol. The van der Waals surface area contributed by atoms with E-state index in [1.165, 1.54) is 12.8 Å². The molecule has 1 aromatic carbocycles. The van der Waals surface area contributed by atoms with Crippen LogP contribution in [-0.2, 0) is 14.9 Å². The summed E-state index contributed by atoms with van der Waals surface area (Å²) in [6, 6.07) is 9.57. The van der Waals surface area contributed by atoms with Gasteiger partial charge in [-0.1, -0.05) is 12.1 Å². The number of fused-ring (bicyclic) bond motifs is 1. The van der Waals surface area contributed by atoms with Crippen molar-refractivity contribution in [2.24, 2.45) is 5.92 Å². The minimum atomic E-state index is -0.334. The molecule has 2 N–H and O–H groups in total. The standard InChI is InChI=1S/C28H36N2O4/c1-20-22(11-15-34-20)8-9-26(32)29-24-10-12-28(33-2)19-30(18-21-6-7-21)14-13-27(28,17-24)23-4-3-5-25(31)16-23/h3-5,8-9,11,15-16,21,24,31H,6-7,10,12-14,17-19H2,1-2H3,(H,29,32)/b9-8+/t24-,27-,28-/m0/s1. The molecular formula is C28H36N2O4. The Morgan fingerprint density at radius 2 is 2.15 bits per heavy atom. The van der Waals surface area contributed by atoms with Gasteiger partial charge in [-0.2, -0.15) is 0 Å². The molecule has 1 aliphatic heterocycles. The summed E-state index contributed by atoms with van der Waals surface area (Å²) in [5.74, 6) is 1.82. The summed E-state index contributed by atoms with van der Waals surface area (Å²) < 4.78 is 11.7. The highest BCUT2D eigenvalue weighted by atomic mass is 16.5. The second-order valence-corrected chi connectivity index (χ2v) is 10.5. The molecule has 1 saturated heterocycles. The molecular weight excluding hydrogens is 428 g/mol. The fourth-order valence-electron chi connectivity index (χ4n) is 6.32. The van der Waals surface area contributed by atoms with Gasteiger partial charge in [-0.05, 0) is 87.7 Å². The van der Waals surface area contributed by atoms with Crippen LogP contribution in [0.25, 0.3) is 6.08 Å². The van der Waals surface area contributed by atoms with E-state index in [0.29, 0.717) is 0 Å². The Morgan fingerprint density at radius 3 is 2.85 bits per heavy atom. The molecule has 0 spiro atoms. The van der Waals surface area contributed by atoms with Gasteiger partial charge in [-0.25, -0.2) is 0 Å². The third kappa shape index (κ3) is 4.41. The van der Waals surface area contributed by atoms with Crippen LogP contribution in [0, 0.1) is 12.8 Å². The molecule has 2 saturated carbocycles. The zero-order valence-electron chi connectivity index (χ0n) is 20.3. The Labute approximate surface area is 202 Å². The third-order valence-corrected chi connectivity index (χ3v) is 8.36. The average Bonchev–Trinajstić information content (AvgIpc) is 3.55. The van der Waals surface area contributed by atoms with E-state index >= 15 is 0 Å². The summed E-state index contributed by atoms with van der Waals surface area (Å²) in [5, 5.41) is 13.6. The van der Waals surface area contributed by atoms with Crippen molar-refractivity contribution in [3.8, 4) is 5.75 Å². The van der Waals surface area contributed by atoms with Crippen molar-refractivity contribution in [1.29, 1.82) is 0 Å². The van der Waals surface area contributed by atoms with Gasteiger partial charge in [0.05, 0.1) is 11.9 Å². The number of furan rings is 1. The first kappa shape index (κ1) is 23.2. The van der Waals surface area contributed by atoms with E-state index in [1.807, 2.05) is 32.2 Å². The summed E-state index contributed by atoms with van der Waals surface area (Å²) in [6.07, 6.45) is 11.2. The van der Waals surface area contributed by atoms with Crippen molar-refractivity contribution in [2.75, 3.05) is 26.7 Å². The van der Waals surface area contributed by atoms with Gasteiger partial charge in [-0.3, -0.25) is 4.79 Å². The monoisotopic (exact) mass is 464 g/mol. The van der Waals surface area contributed by atoms with Crippen molar-refractivity contribution in [1.82, 2.24) is 10.2 Å². The van der Waals surface area contributed by atoms with Crippen LogP contribution in [0.4, 0.5) is 0 Å². The zero-order valence-corrected chi connectivity index (χ0v) is 20.3. The molecule has 2 aromatic rings. The molecule has 5 rings (SSSR count). The van der Waals surface area contributed by atoms with E-state index in [4.69, 9.17) is 9.15 Å². The fraction of sp³-hybridized carbons (Fsp3) is 0.536. The number of hydrogen-bond donors (Lipinski definition) is 2. The highest BCUT2D eigenvalue weighted by Gasteiger charge is 2.59. The number of hydrogen-bond acceptors (Lipinski definition) is 5. The van der Waals surface area contributed by atoms with Crippen molar-refractivity contribution in [3.05, 3.63) is 59.6 Å². The molecule has 0 bridgehead atoms. The SMILES string of the molecule is CO[C@]12CC[C@H](NC(=O)/C=C/c3ccoc3C)C[C@]1(c1cccc(O)c1)CCN(CC1CC1)C2. The molecule has 1 amide bonds. The molecule has 1 aromatic heterocycles. The number of ether oxygens (including phenoxy) is 1. The van der Waals surface area contributed by atoms with Gasteiger partial charge in [-0.15, -0.1) is 0 Å². The Morgan fingerprint density at radius 1 is 1.29 bits per heavy atom. The Hall–Kier alpha value is -2.57. The fourth-order valence-corrected chi connectivity index (χ4v) is 6.32. The number of phenolic OH excluding ortho intramolecular Hbond substituents is 1. The number of carbonyl (C=O) groups excluding carboxylic acids is 1. The summed E-state index contributed by atoms with van der Waals surface area (Å²) in [7, 11) is 1.84. The molecule has 6 heteroatoms. The molecule has 0 radical (unpaired) electrons. The summed E-state index contributed by atoms with van der Waals surface area (Å²) in [4.78, 5) is 15.4. The molecule has 6 nitrogen and oxygen atoms in total. The molecule has 34 heavy (non-hydrogen) atoms. The predicted molar refractivity (Wildman–Crippen MR) is 132 cm³/mol. The second-order valence-electron chi connectivity index (χ2n) is 10.5. The zero-order chi connectivity index (χ0) is 23.8. The Bertz CT molecular complexity index is 1060. The van der Waals surface area contributed by atoms with Crippen molar-refractivity contribution < 1.29 is 19.1 Å². The number of carbonyl (C=O) groups is 1. The van der Waals surface area contributed by atoms with Crippen molar-refractivity contribution >= 4 is 12.0 Å². The van der Waals surface area contributed by atoms with Gasteiger partial charge in [0.1, 0.15) is 11.5 Å². The molecule has 182 valence electrons. The molecule has 2 aliphatic carbocycles. The number of nitrogens with zero attached hydrogens (tertiary/aromatic N) is 1. The normalized spacial score (nSPS) is 29.8. The number of likely N-dealkylation sites (tertiary alicyclic amines) is 1. The highest BCUT2D eigenvalue weighted by Crippen LogP contribution is 2.54. The Balaban J connectivity index is 1.39. The maximum absolute atomic E-state index is 12.8. The number of amides is 1. The van der Waals surface area contributed by atoms with Gasteiger partial charge in [0.2, 0.25) is 5.91 Å². The Kier molecular flexibility index (Phi) is 6.30. The molecule has 3 atom stereocenters. The number of rotatable bonds is 7. The van der Waals surface area contributed by atoms with Crippen LogP contribution < -0.4 is 5.32 Å². The van der Waals surface area contributed by atoms with Crippen LogP contribution in [0.3, 0.4) is 0 Å². The summed E-state index contributed by atoms with van der Waals surface area (Å²) in [5.41, 5.74) is 1.43. The second kappa shape index (κ2) is 9.23. The van der Waals surface area contributed by atoms with Crippen LogP contribution >= 0.6 is 0 Å². The number of phenols is 1. The molecule has 3 aliphatic rings. The number of benzene rings is 1. The van der Waals surface area contributed by atoms with Gasteiger partial charge in [0.15, 0.2) is 0 Å². The van der Waals surface area contributed by atoms with Crippen LogP contribution in [0.5, 0.6) is 5.75 Å². The first-order valence-corrected chi connectivity index (χ1v) is 12.5. The molecule has 0 unspecified atom stereocenters. The maximum Gasteiger partial charge on any atom is 0.244 e. The van der Waals surface area contributed by atoms with E-state index in [2.05, 4.69) is 16.3 Å². The summed E-state index contributed by atoms with van der Waals surface area (Å²) in [6.45, 7) is 4.95. The number of aromatic hydroxyl groups is 1. The first-order valence-electron chi connectivity index (χ1n) is 12.5. The minimum absolute atomic E-state index is 0.0446. The largest absolute Gasteiger partial charge is 0.508 e. The van der Waals surface area contributed by atoms with Crippen LogP contribution in [0.15, 0.2) is 47.1 Å². The quantitative estimate of drug-likeness (QED) is 0.594. The van der Waals surface area contributed by atoms with Crippen LogP contribution in [0.1, 0.15) is 55.4 Å².